The molecule has 0 aliphatic heterocycles. The van der Waals surface area contributed by atoms with Crippen LogP contribution in [0.3, 0.4) is 0 Å². The van der Waals surface area contributed by atoms with Gasteiger partial charge < -0.3 is 4.74 Å². The van der Waals surface area contributed by atoms with Gasteiger partial charge in [0.2, 0.25) is 4.96 Å². The lowest BCUT2D eigenvalue weighted by molar-refractivity contribution is 0.309. The van der Waals surface area contributed by atoms with E-state index in [4.69, 9.17) is 4.74 Å². The molecule has 4 aromatic rings. The standard InChI is InChI=1S/C20H18N4O2S/c1-2-3-11-26-16-8-6-14(7-9-16)12-17-19(25)24-20(27-17)22-18(23-24)15-5-4-10-21-13-15/h4-10,12-13H,2-3,11H2,1H3/b17-12-. The van der Waals surface area contributed by atoms with Crippen molar-refractivity contribution in [2.24, 2.45) is 0 Å². The van der Waals surface area contributed by atoms with Crippen LogP contribution in [-0.4, -0.2) is 26.2 Å². The number of hydrogen-bond donors (Lipinski definition) is 0. The molecule has 3 heterocycles. The van der Waals surface area contributed by atoms with E-state index in [1.807, 2.05) is 42.5 Å². The van der Waals surface area contributed by atoms with Crippen molar-refractivity contribution in [1.82, 2.24) is 19.6 Å². The maximum atomic E-state index is 12.6. The smallest absolute Gasteiger partial charge is 0.291 e. The molecule has 0 aliphatic carbocycles. The van der Waals surface area contributed by atoms with Crippen molar-refractivity contribution in [1.29, 1.82) is 0 Å². The summed E-state index contributed by atoms with van der Waals surface area (Å²) in [4.78, 5) is 21.7. The fourth-order valence-electron chi connectivity index (χ4n) is 2.60. The van der Waals surface area contributed by atoms with Crippen LogP contribution in [0.25, 0.3) is 22.4 Å². The van der Waals surface area contributed by atoms with Crippen molar-refractivity contribution in [2.45, 2.75) is 19.8 Å². The third-order valence-electron chi connectivity index (χ3n) is 4.05. The van der Waals surface area contributed by atoms with Crippen molar-refractivity contribution in [3.8, 4) is 17.1 Å². The molecule has 7 heteroatoms. The molecule has 0 saturated carbocycles. The minimum atomic E-state index is -0.166. The third-order valence-corrected chi connectivity index (χ3v) is 5.01. The van der Waals surface area contributed by atoms with Crippen LogP contribution in [0.4, 0.5) is 0 Å². The second-order valence-electron chi connectivity index (χ2n) is 6.06. The summed E-state index contributed by atoms with van der Waals surface area (Å²) >= 11 is 1.32. The number of rotatable bonds is 6. The van der Waals surface area contributed by atoms with E-state index in [-0.39, 0.29) is 5.56 Å². The predicted molar refractivity (Wildman–Crippen MR) is 106 cm³/mol. The van der Waals surface area contributed by atoms with Gasteiger partial charge in [-0.3, -0.25) is 9.78 Å². The molecule has 1 aromatic carbocycles. The molecule has 4 rings (SSSR count). The Kier molecular flexibility index (Phi) is 4.93. The summed E-state index contributed by atoms with van der Waals surface area (Å²) in [6, 6.07) is 11.4. The number of benzene rings is 1. The first-order chi connectivity index (χ1) is 13.2. The van der Waals surface area contributed by atoms with E-state index >= 15 is 0 Å². The molecule has 6 nitrogen and oxygen atoms in total. The zero-order valence-electron chi connectivity index (χ0n) is 14.8. The van der Waals surface area contributed by atoms with E-state index in [9.17, 15) is 4.79 Å². The Balaban J connectivity index is 1.61. The summed E-state index contributed by atoms with van der Waals surface area (Å²) in [5, 5.41) is 4.32. The number of hydrogen-bond acceptors (Lipinski definition) is 6. The van der Waals surface area contributed by atoms with Crippen LogP contribution >= 0.6 is 11.3 Å². The van der Waals surface area contributed by atoms with Crippen molar-refractivity contribution < 1.29 is 4.74 Å². The van der Waals surface area contributed by atoms with Crippen LogP contribution in [0.15, 0.2) is 53.6 Å². The molecule has 136 valence electrons. The normalized spacial score (nSPS) is 12.0. The average Bonchev–Trinajstić information content (AvgIpc) is 3.24. The zero-order valence-corrected chi connectivity index (χ0v) is 15.6. The van der Waals surface area contributed by atoms with Gasteiger partial charge in [0.15, 0.2) is 5.82 Å². The molecule has 27 heavy (non-hydrogen) atoms. The van der Waals surface area contributed by atoms with Gasteiger partial charge in [0.25, 0.3) is 5.56 Å². The number of aromatic nitrogens is 4. The van der Waals surface area contributed by atoms with Gasteiger partial charge in [0.1, 0.15) is 5.75 Å². The van der Waals surface area contributed by atoms with Gasteiger partial charge in [-0.25, -0.2) is 0 Å². The van der Waals surface area contributed by atoms with Crippen molar-refractivity contribution >= 4 is 22.4 Å². The highest BCUT2D eigenvalue weighted by molar-refractivity contribution is 7.15. The molecule has 0 fully saturated rings. The van der Waals surface area contributed by atoms with Crippen LogP contribution < -0.4 is 14.8 Å². The van der Waals surface area contributed by atoms with E-state index < -0.39 is 0 Å². The number of pyridine rings is 1. The van der Waals surface area contributed by atoms with Gasteiger partial charge in [-0.1, -0.05) is 36.8 Å². The quantitative estimate of drug-likeness (QED) is 0.483. The lowest BCUT2D eigenvalue weighted by Gasteiger charge is -2.04. The monoisotopic (exact) mass is 378 g/mol. The SMILES string of the molecule is CCCCOc1ccc(/C=c2\sc3nc(-c4cccnc4)nn3c2=O)cc1. The molecule has 0 N–H and O–H groups in total. The third kappa shape index (κ3) is 3.73. The topological polar surface area (TPSA) is 69.4 Å². The number of nitrogens with zero attached hydrogens (tertiary/aromatic N) is 4. The molecular weight excluding hydrogens is 360 g/mol. The van der Waals surface area contributed by atoms with Crippen LogP contribution in [0.5, 0.6) is 5.75 Å². The van der Waals surface area contributed by atoms with Gasteiger partial charge in [0, 0.05) is 18.0 Å². The largest absolute Gasteiger partial charge is 0.494 e. The predicted octanol–water partition coefficient (Wildman–Crippen LogP) is 2.94. The maximum Gasteiger partial charge on any atom is 0.291 e. The molecule has 0 unspecified atom stereocenters. The van der Waals surface area contributed by atoms with Crippen molar-refractivity contribution in [3.05, 3.63) is 69.2 Å². The minimum Gasteiger partial charge on any atom is -0.494 e. The molecule has 0 spiro atoms. The summed E-state index contributed by atoms with van der Waals surface area (Å²) in [6.07, 6.45) is 7.36. The first-order valence-electron chi connectivity index (χ1n) is 8.79. The highest BCUT2D eigenvalue weighted by atomic mass is 32.1. The van der Waals surface area contributed by atoms with Crippen molar-refractivity contribution in [2.75, 3.05) is 6.61 Å². The Morgan fingerprint density at radius 1 is 1.22 bits per heavy atom. The summed E-state index contributed by atoms with van der Waals surface area (Å²) in [5.41, 5.74) is 1.56. The van der Waals surface area contributed by atoms with Gasteiger partial charge in [-0.15, -0.1) is 5.10 Å². The van der Waals surface area contributed by atoms with Crippen LogP contribution in [0.1, 0.15) is 25.3 Å². The number of fused-ring (bicyclic) bond motifs is 1. The minimum absolute atomic E-state index is 0.166. The average molecular weight is 378 g/mol. The van der Waals surface area contributed by atoms with Gasteiger partial charge in [-0.2, -0.15) is 9.50 Å². The lowest BCUT2D eigenvalue weighted by Crippen LogP contribution is -2.23. The van der Waals surface area contributed by atoms with Crippen LogP contribution in [-0.2, 0) is 0 Å². The second kappa shape index (κ2) is 7.67. The fraction of sp³-hybridized carbons (Fsp3) is 0.200. The second-order valence-corrected chi connectivity index (χ2v) is 7.07. The summed E-state index contributed by atoms with van der Waals surface area (Å²) in [7, 11) is 0. The Morgan fingerprint density at radius 3 is 2.78 bits per heavy atom. The molecular formula is C20H18N4O2S. The molecule has 0 amide bonds. The first kappa shape index (κ1) is 17.4. The summed E-state index contributed by atoms with van der Waals surface area (Å²) < 4.78 is 7.61. The Morgan fingerprint density at radius 2 is 2.07 bits per heavy atom. The van der Waals surface area contributed by atoms with E-state index in [1.165, 1.54) is 15.9 Å². The Hall–Kier alpha value is -3.06. The highest BCUT2D eigenvalue weighted by Gasteiger charge is 2.11. The lowest BCUT2D eigenvalue weighted by atomic mass is 10.2. The van der Waals surface area contributed by atoms with Gasteiger partial charge in [-0.05, 0) is 42.3 Å². The molecule has 3 aromatic heterocycles. The first-order valence-corrected chi connectivity index (χ1v) is 9.61. The highest BCUT2D eigenvalue weighted by Crippen LogP contribution is 2.15. The Labute approximate surface area is 159 Å². The molecule has 0 saturated heterocycles. The van der Waals surface area contributed by atoms with Crippen molar-refractivity contribution in [3.63, 3.8) is 0 Å². The van der Waals surface area contributed by atoms with E-state index in [2.05, 4.69) is 22.0 Å². The van der Waals surface area contributed by atoms with Gasteiger partial charge >= 0.3 is 0 Å². The molecule has 0 atom stereocenters. The van der Waals surface area contributed by atoms with Crippen LogP contribution in [0.2, 0.25) is 0 Å². The zero-order chi connectivity index (χ0) is 18.6. The van der Waals surface area contributed by atoms with Crippen LogP contribution in [0, 0.1) is 0 Å². The summed E-state index contributed by atoms with van der Waals surface area (Å²) in [5.74, 6) is 1.35. The maximum absolute atomic E-state index is 12.6. The number of ether oxygens (including phenoxy) is 1. The molecule has 0 aliphatic rings. The molecule has 0 bridgehead atoms. The number of unbranched alkanes of at least 4 members (excludes halogenated alkanes) is 1. The summed E-state index contributed by atoms with van der Waals surface area (Å²) in [6.45, 7) is 2.85. The Bertz CT molecular complexity index is 1150. The number of thiazole rings is 1. The van der Waals surface area contributed by atoms with E-state index in [0.717, 1.165) is 36.3 Å². The molecule has 0 radical (unpaired) electrons. The van der Waals surface area contributed by atoms with E-state index in [1.54, 1.807) is 12.4 Å². The van der Waals surface area contributed by atoms with E-state index in [0.29, 0.717) is 15.3 Å². The van der Waals surface area contributed by atoms with Gasteiger partial charge in [0.05, 0.1) is 11.1 Å². The fourth-order valence-corrected chi connectivity index (χ4v) is 3.50.